The molecule has 12 rings (SSSR count). The molecule has 15 heteroatoms. The molecule has 2 aliphatic rings. The van der Waals surface area contributed by atoms with Crippen molar-refractivity contribution in [3.8, 4) is 17.6 Å². The average Bonchev–Trinajstić information content (AvgIpc) is 0.748. The Morgan fingerprint density at radius 3 is 1.55 bits per heavy atom. The van der Waals surface area contributed by atoms with E-state index in [-0.39, 0.29) is 5.78 Å². The van der Waals surface area contributed by atoms with E-state index in [2.05, 4.69) is 146 Å². The van der Waals surface area contributed by atoms with E-state index in [9.17, 15) is 9.90 Å². The minimum atomic E-state index is -1.22. The van der Waals surface area contributed by atoms with E-state index in [4.69, 9.17) is 19.2 Å². The molecule has 2 unspecified atom stereocenters. The zero-order valence-corrected chi connectivity index (χ0v) is 57.3. The molecule has 92 heavy (non-hydrogen) atoms. The van der Waals surface area contributed by atoms with Gasteiger partial charge in [0.25, 0.3) is 0 Å². The average molecular weight is 1330 g/mol. The molecule has 2 aliphatic heterocycles. The van der Waals surface area contributed by atoms with Crippen molar-refractivity contribution in [3.63, 3.8) is 0 Å². The van der Waals surface area contributed by atoms with Gasteiger partial charge in [0, 0.05) is 120 Å². The van der Waals surface area contributed by atoms with Gasteiger partial charge in [0.1, 0.15) is 5.60 Å². The molecule has 7 aromatic carbocycles. The Kier molecular flexibility index (Phi) is 25.9. The van der Waals surface area contributed by atoms with Crippen molar-refractivity contribution in [1.82, 2.24) is 24.8 Å². The fraction of sp³-hybridized carbons (Fsp3) is 0.299. The van der Waals surface area contributed by atoms with Gasteiger partial charge in [-0.25, -0.2) is 15.0 Å². The van der Waals surface area contributed by atoms with E-state index >= 15 is 0 Å². The van der Waals surface area contributed by atoms with Crippen molar-refractivity contribution in [2.45, 2.75) is 37.2 Å². The number of nitrogens with zero attached hydrogens (tertiary/aromatic N) is 7. The summed E-state index contributed by atoms with van der Waals surface area (Å²) in [7, 11) is 13.1. The Labute approximate surface area is 561 Å². The number of aliphatic hydroxyl groups is 1. The van der Waals surface area contributed by atoms with Gasteiger partial charge in [-0.1, -0.05) is 176 Å². The number of methoxy groups -OCH3 is 3. The highest BCUT2D eigenvalue weighted by atomic mass is 79.9. The molecule has 1 N–H and O–H groups in total. The number of ketones is 1. The lowest BCUT2D eigenvalue weighted by Gasteiger charge is -2.40. The second kappa shape index (κ2) is 34.8. The summed E-state index contributed by atoms with van der Waals surface area (Å²) in [5, 5.41) is 17.5. The van der Waals surface area contributed by atoms with Crippen LogP contribution in [-0.2, 0) is 18.4 Å². The first-order valence-electron chi connectivity index (χ1n) is 31.4. The van der Waals surface area contributed by atoms with Crippen LogP contribution in [0.15, 0.2) is 217 Å². The van der Waals surface area contributed by atoms with Gasteiger partial charge in [-0.15, -0.1) is 0 Å². The first-order valence-corrected chi connectivity index (χ1v) is 34.5. The number of Topliss-reactive ketones (excluding diaryl/α,β-unsaturated/α-hetero) is 1. The van der Waals surface area contributed by atoms with Gasteiger partial charge in [0.05, 0.1) is 45.1 Å². The standard InChI is InChI=1S/C32H37N3O2S.C17H20N2OS.C15H17NO.C13H12BrNO/c1-34(2)17-16-32(36,29-15-9-13-24-10-7-8-14-27(24)29)30(25-11-5-4-6-12-25)28-22-26(23-33-31(28)37-3)35-18-20-38-21-19-35;1-20-17-15(11-14-5-3-2-4-6-14)12-16(13-18-17)19-7-9-21-10-8-19;1-16(2)11-10-15(17)14-9-5-7-12-6-3-4-8-13(12)14;1-16-13-11(8-12(14)9-15-13)7-10-5-3-2-4-6-10/h4-15,22-23,30,36H,16-21H2,1-3H3;2-6,12-13H,7-11H2,1H3;3-9H,10-11H2,1-2H3;2-6,8-9H,7H2,1H3. The van der Waals surface area contributed by atoms with Crippen molar-refractivity contribution in [2.75, 3.05) is 122 Å². The van der Waals surface area contributed by atoms with Crippen molar-refractivity contribution in [1.29, 1.82) is 0 Å². The highest BCUT2D eigenvalue weighted by molar-refractivity contribution is 9.10. The van der Waals surface area contributed by atoms with E-state index in [0.717, 1.165) is 135 Å². The summed E-state index contributed by atoms with van der Waals surface area (Å²) >= 11 is 7.43. The van der Waals surface area contributed by atoms with Gasteiger partial charge in [-0.3, -0.25) is 4.79 Å². The van der Waals surface area contributed by atoms with Crippen LogP contribution in [0.5, 0.6) is 17.6 Å². The van der Waals surface area contributed by atoms with Crippen molar-refractivity contribution in [2.24, 2.45) is 0 Å². The monoisotopic (exact) mass is 1330 g/mol. The second-order valence-corrected chi connectivity index (χ2v) is 26.7. The van der Waals surface area contributed by atoms with Gasteiger partial charge in [-0.2, -0.15) is 23.5 Å². The van der Waals surface area contributed by atoms with Crippen molar-refractivity contribution >= 4 is 78.2 Å². The maximum absolute atomic E-state index is 13.1. The third-order valence-electron chi connectivity index (χ3n) is 16.5. The molecular weight excluding hydrogens is 1250 g/mol. The number of aromatic nitrogens is 3. The Morgan fingerprint density at radius 2 is 1.00 bits per heavy atom. The Morgan fingerprint density at radius 1 is 0.543 bits per heavy atom. The van der Waals surface area contributed by atoms with Crippen LogP contribution < -0.4 is 24.0 Å². The molecule has 0 bridgehead atoms. The van der Waals surface area contributed by atoms with E-state index in [0.29, 0.717) is 24.6 Å². The smallest absolute Gasteiger partial charge is 0.217 e. The van der Waals surface area contributed by atoms with E-state index in [1.54, 1.807) is 27.5 Å². The van der Waals surface area contributed by atoms with Crippen LogP contribution in [0.2, 0.25) is 0 Å². The molecule has 0 spiro atoms. The lowest BCUT2D eigenvalue weighted by molar-refractivity contribution is 0.00516. The maximum atomic E-state index is 13.1. The van der Waals surface area contributed by atoms with E-state index in [1.807, 2.05) is 158 Å². The van der Waals surface area contributed by atoms with Crippen LogP contribution in [0.25, 0.3) is 21.5 Å². The van der Waals surface area contributed by atoms with Gasteiger partial charge >= 0.3 is 0 Å². The fourth-order valence-electron chi connectivity index (χ4n) is 11.7. The summed E-state index contributed by atoms with van der Waals surface area (Å²) in [6.07, 6.45) is 8.39. The third kappa shape index (κ3) is 18.7. The Balaban J connectivity index is 0.000000157. The second-order valence-electron chi connectivity index (χ2n) is 23.4. The number of thioether (sulfide) groups is 2. The van der Waals surface area contributed by atoms with E-state index < -0.39 is 11.5 Å². The van der Waals surface area contributed by atoms with Crippen LogP contribution in [-0.4, -0.2) is 147 Å². The van der Waals surface area contributed by atoms with Gasteiger partial charge < -0.3 is 38.9 Å². The van der Waals surface area contributed by atoms with E-state index in [1.165, 1.54) is 28.3 Å². The van der Waals surface area contributed by atoms with Gasteiger partial charge in [0.2, 0.25) is 17.6 Å². The number of pyridine rings is 3. The normalized spacial score (nSPS) is 14.0. The molecule has 0 radical (unpaired) electrons. The van der Waals surface area contributed by atoms with Crippen LogP contribution in [0, 0.1) is 0 Å². The highest BCUT2D eigenvalue weighted by Gasteiger charge is 2.43. The first kappa shape index (κ1) is 68.6. The minimum Gasteiger partial charge on any atom is -0.481 e. The zero-order chi connectivity index (χ0) is 64.7. The SMILES string of the molecule is CN(C)CCC(=O)c1cccc2ccccc12.COc1ncc(Br)cc1Cc1ccccc1.COc1ncc(N2CCSCC2)cc1C(c1ccccc1)C(O)(CCN(C)C)c1cccc2ccccc12.COc1ncc(N2CCSCC2)cc1Cc1ccccc1. The molecule has 478 valence electrons. The van der Waals surface area contributed by atoms with Crippen LogP contribution in [0.3, 0.4) is 0 Å². The van der Waals surface area contributed by atoms with Gasteiger partial charge in [0.15, 0.2) is 5.78 Å². The number of halogens is 1. The molecule has 12 nitrogen and oxygen atoms in total. The van der Waals surface area contributed by atoms with Crippen molar-refractivity contribution < 1.29 is 24.1 Å². The highest BCUT2D eigenvalue weighted by Crippen LogP contribution is 2.49. The van der Waals surface area contributed by atoms with Crippen LogP contribution in [0.4, 0.5) is 11.4 Å². The minimum absolute atomic E-state index is 0.218. The predicted molar refractivity (Wildman–Crippen MR) is 388 cm³/mol. The molecule has 2 atom stereocenters. The lowest BCUT2D eigenvalue weighted by Crippen LogP contribution is -2.38. The number of rotatable bonds is 20. The summed E-state index contributed by atoms with van der Waals surface area (Å²) in [5.41, 5.74) is 9.54. The molecule has 5 heterocycles. The maximum Gasteiger partial charge on any atom is 0.217 e. The molecule has 2 saturated heterocycles. The summed E-state index contributed by atoms with van der Waals surface area (Å²) in [4.78, 5) is 34.6. The molecule has 0 saturated carbocycles. The number of ether oxygens (including phenoxy) is 3. The quantitative estimate of drug-likeness (QED) is 0.0730. The molecule has 0 aliphatic carbocycles. The van der Waals surface area contributed by atoms with Crippen LogP contribution >= 0.6 is 39.5 Å². The number of carbonyl (C=O) groups excluding carboxylic acids is 1. The number of anilines is 2. The number of fused-ring (bicyclic) bond motifs is 2. The molecule has 10 aromatic rings. The Hall–Kier alpha value is -7.76. The first-order chi connectivity index (χ1) is 44.8. The fourth-order valence-corrected chi connectivity index (χ4v) is 13.9. The molecule has 0 amide bonds. The summed E-state index contributed by atoms with van der Waals surface area (Å²) in [5.74, 6) is 6.39. The number of benzene rings is 7. The van der Waals surface area contributed by atoms with Crippen LogP contribution in [0.1, 0.15) is 68.1 Å². The number of carbonyl (C=O) groups is 1. The third-order valence-corrected chi connectivity index (χ3v) is 18.8. The summed E-state index contributed by atoms with van der Waals surface area (Å²) in [6.45, 7) is 5.70. The molecular formula is C77H86BrN7O5S2. The topological polar surface area (TPSA) is 117 Å². The predicted octanol–water partition coefficient (Wildman–Crippen LogP) is 15.4. The zero-order valence-electron chi connectivity index (χ0n) is 54.1. The molecule has 3 aromatic heterocycles. The number of hydrogen-bond donors (Lipinski definition) is 1. The van der Waals surface area contributed by atoms with Gasteiger partial charge in [-0.05, 0) is 113 Å². The lowest BCUT2D eigenvalue weighted by atomic mass is 9.70. The van der Waals surface area contributed by atoms with Crippen molar-refractivity contribution in [3.05, 3.63) is 262 Å². The molecule has 2 fully saturated rings. The Bertz CT molecular complexity index is 3900. The summed E-state index contributed by atoms with van der Waals surface area (Å²) in [6, 6.07) is 66.1. The largest absolute Gasteiger partial charge is 0.481 e. The number of hydrogen-bond acceptors (Lipinski definition) is 14. The summed E-state index contributed by atoms with van der Waals surface area (Å²) < 4.78 is 17.5.